The second kappa shape index (κ2) is 5.57. The quantitative estimate of drug-likeness (QED) is 0.500. The third kappa shape index (κ3) is 3.14. The molecule has 8 nitrogen and oxygen atoms in total. The van der Waals surface area contributed by atoms with Crippen LogP contribution < -0.4 is 11.1 Å². The van der Waals surface area contributed by atoms with E-state index in [1.54, 1.807) is 6.92 Å². The van der Waals surface area contributed by atoms with Crippen LogP contribution in [-0.4, -0.2) is 15.8 Å². The van der Waals surface area contributed by atoms with Crippen molar-refractivity contribution in [1.29, 1.82) is 0 Å². The number of anilines is 1. The zero-order chi connectivity index (χ0) is 15.6. The number of nitrogens with two attached hydrogens (primary N) is 1. The molecule has 0 saturated heterocycles. The van der Waals surface area contributed by atoms with E-state index in [-0.39, 0.29) is 23.7 Å². The molecule has 0 radical (unpaired) electrons. The van der Waals surface area contributed by atoms with E-state index in [9.17, 15) is 19.3 Å². The lowest BCUT2D eigenvalue weighted by molar-refractivity contribution is -0.385. The summed E-state index contributed by atoms with van der Waals surface area (Å²) < 4.78 is 18.4. The van der Waals surface area contributed by atoms with Gasteiger partial charge in [0.25, 0.3) is 11.6 Å². The predicted molar refractivity (Wildman–Crippen MR) is 69.9 cm³/mol. The van der Waals surface area contributed by atoms with Crippen molar-refractivity contribution in [2.24, 2.45) is 0 Å². The first-order chi connectivity index (χ1) is 9.88. The number of benzene rings is 1. The number of aromatic nitrogens is 1. The van der Waals surface area contributed by atoms with Crippen molar-refractivity contribution < 1.29 is 18.5 Å². The van der Waals surface area contributed by atoms with Crippen LogP contribution in [0.25, 0.3) is 0 Å². The Labute approximate surface area is 117 Å². The standard InChI is InChI=1S/C12H11FN4O4/c1-6-4-15-11(21-6)5-16-12(18)7-2-9(14)8(13)3-10(7)17(19)20/h2-4H,5,14H2,1H3,(H,16,18). The van der Waals surface area contributed by atoms with Gasteiger partial charge in [-0.2, -0.15) is 0 Å². The number of amides is 1. The third-order valence-electron chi connectivity index (χ3n) is 2.63. The average molecular weight is 294 g/mol. The van der Waals surface area contributed by atoms with Crippen molar-refractivity contribution in [3.8, 4) is 0 Å². The van der Waals surface area contributed by atoms with Crippen LogP contribution >= 0.6 is 0 Å². The highest BCUT2D eigenvalue weighted by molar-refractivity contribution is 5.99. The summed E-state index contributed by atoms with van der Waals surface area (Å²) >= 11 is 0. The SMILES string of the molecule is Cc1cnc(CNC(=O)c2cc(N)c(F)cc2[N+](=O)[O-])o1. The van der Waals surface area contributed by atoms with Crippen molar-refractivity contribution >= 4 is 17.3 Å². The van der Waals surface area contributed by atoms with Crippen LogP contribution in [0.3, 0.4) is 0 Å². The molecule has 0 saturated carbocycles. The Morgan fingerprint density at radius 1 is 1.57 bits per heavy atom. The van der Waals surface area contributed by atoms with Gasteiger partial charge < -0.3 is 15.5 Å². The van der Waals surface area contributed by atoms with E-state index in [4.69, 9.17) is 10.2 Å². The number of carbonyl (C=O) groups is 1. The monoisotopic (exact) mass is 294 g/mol. The number of nitrogens with zero attached hydrogens (tertiary/aromatic N) is 2. The van der Waals surface area contributed by atoms with E-state index in [2.05, 4.69) is 10.3 Å². The molecule has 0 aliphatic heterocycles. The molecule has 1 aromatic heterocycles. The molecule has 0 unspecified atom stereocenters. The summed E-state index contributed by atoms with van der Waals surface area (Å²) in [6.07, 6.45) is 1.47. The number of halogens is 1. The number of nitro benzene ring substituents is 1. The third-order valence-corrected chi connectivity index (χ3v) is 2.63. The summed E-state index contributed by atoms with van der Waals surface area (Å²) in [4.78, 5) is 25.8. The number of nitrogen functional groups attached to an aromatic ring is 1. The maximum absolute atomic E-state index is 13.3. The maximum atomic E-state index is 13.3. The number of rotatable bonds is 4. The fourth-order valence-corrected chi connectivity index (χ4v) is 1.65. The summed E-state index contributed by atoms with van der Waals surface area (Å²) in [5, 5.41) is 13.2. The number of oxazole rings is 1. The molecule has 110 valence electrons. The topological polar surface area (TPSA) is 124 Å². The summed E-state index contributed by atoms with van der Waals surface area (Å²) in [6.45, 7) is 1.63. The molecular weight excluding hydrogens is 283 g/mol. The Hall–Kier alpha value is -2.97. The smallest absolute Gasteiger partial charge is 0.285 e. The number of nitro groups is 1. The highest BCUT2D eigenvalue weighted by atomic mass is 19.1. The lowest BCUT2D eigenvalue weighted by atomic mass is 10.1. The molecule has 3 N–H and O–H groups in total. The largest absolute Gasteiger partial charge is 0.444 e. The van der Waals surface area contributed by atoms with Crippen LogP contribution in [0.1, 0.15) is 22.0 Å². The first-order valence-electron chi connectivity index (χ1n) is 5.81. The second-order valence-corrected chi connectivity index (χ2v) is 4.20. The van der Waals surface area contributed by atoms with E-state index in [1.807, 2.05) is 0 Å². The number of carbonyl (C=O) groups excluding carboxylic acids is 1. The first kappa shape index (κ1) is 14.4. The van der Waals surface area contributed by atoms with Crippen molar-refractivity contribution in [3.05, 3.63) is 51.5 Å². The van der Waals surface area contributed by atoms with Gasteiger partial charge in [-0.05, 0) is 13.0 Å². The predicted octanol–water partition coefficient (Wildman–Crippen LogP) is 1.54. The minimum absolute atomic E-state index is 0.0545. The van der Waals surface area contributed by atoms with Gasteiger partial charge >= 0.3 is 0 Å². The molecule has 0 bridgehead atoms. The molecule has 1 heterocycles. The van der Waals surface area contributed by atoms with Gasteiger partial charge in [-0.25, -0.2) is 9.37 Å². The van der Waals surface area contributed by atoms with Crippen molar-refractivity contribution in [2.75, 3.05) is 5.73 Å². The highest BCUT2D eigenvalue weighted by Gasteiger charge is 2.23. The maximum Gasteiger partial charge on any atom is 0.285 e. The van der Waals surface area contributed by atoms with E-state index in [1.165, 1.54) is 6.20 Å². The Morgan fingerprint density at radius 3 is 2.86 bits per heavy atom. The van der Waals surface area contributed by atoms with Gasteiger partial charge in [-0.15, -0.1) is 0 Å². The van der Waals surface area contributed by atoms with E-state index >= 15 is 0 Å². The Morgan fingerprint density at radius 2 is 2.29 bits per heavy atom. The molecular formula is C12H11FN4O4. The van der Waals surface area contributed by atoms with Gasteiger partial charge in [0.05, 0.1) is 29.4 Å². The second-order valence-electron chi connectivity index (χ2n) is 4.20. The average Bonchev–Trinajstić information content (AvgIpc) is 2.84. The van der Waals surface area contributed by atoms with E-state index in [0.717, 1.165) is 6.07 Å². The van der Waals surface area contributed by atoms with Gasteiger partial charge in [0.1, 0.15) is 11.3 Å². The van der Waals surface area contributed by atoms with Gasteiger partial charge in [-0.3, -0.25) is 14.9 Å². The number of hydrogen-bond donors (Lipinski definition) is 2. The van der Waals surface area contributed by atoms with Gasteiger partial charge in [-0.1, -0.05) is 0 Å². The lowest BCUT2D eigenvalue weighted by Gasteiger charge is -2.05. The van der Waals surface area contributed by atoms with E-state index in [0.29, 0.717) is 11.8 Å². The van der Waals surface area contributed by atoms with Crippen LogP contribution in [0.5, 0.6) is 0 Å². The molecule has 0 fully saturated rings. The normalized spacial score (nSPS) is 10.4. The zero-order valence-electron chi connectivity index (χ0n) is 10.9. The van der Waals surface area contributed by atoms with Gasteiger partial charge in [0.2, 0.25) is 5.89 Å². The molecule has 0 spiro atoms. The van der Waals surface area contributed by atoms with Crippen molar-refractivity contribution in [2.45, 2.75) is 13.5 Å². The fraction of sp³-hybridized carbons (Fsp3) is 0.167. The van der Waals surface area contributed by atoms with Crippen LogP contribution in [0.2, 0.25) is 0 Å². The number of hydrogen-bond acceptors (Lipinski definition) is 6. The molecule has 2 aromatic rings. The molecule has 1 amide bonds. The fourth-order valence-electron chi connectivity index (χ4n) is 1.65. The van der Waals surface area contributed by atoms with Crippen LogP contribution in [0, 0.1) is 22.9 Å². The number of aryl methyl sites for hydroxylation is 1. The van der Waals surface area contributed by atoms with E-state index < -0.39 is 22.3 Å². The van der Waals surface area contributed by atoms with Gasteiger partial charge in [0.15, 0.2) is 5.82 Å². The van der Waals surface area contributed by atoms with Crippen molar-refractivity contribution in [1.82, 2.24) is 10.3 Å². The summed E-state index contributed by atoms with van der Waals surface area (Å²) in [5.41, 5.74) is 3.98. The van der Waals surface area contributed by atoms with Crippen LogP contribution in [-0.2, 0) is 6.54 Å². The zero-order valence-corrected chi connectivity index (χ0v) is 10.9. The van der Waals surface area contributed by atoms with Crippen molar-refractivity contribution in [3.63, 3.8) is 0 Å². The number of nitrogens with one attached hydrogen (secondary N) is 1. The summed E-state index contributed by atoms with van der Waals surface area (Å²) in [7, 11) is 0. The molecule has 0 aliphatic rings. The Kier molecular flexibility index (Phi) is 3.83. The highest BCUT2D eigenvalue weighted by Crippen LogP contribution is 2.24. The molecule has 0 aliphatic carbocycles. The summed E-state index contributed by atoms with van der Waals surface area (Å²) in [6, 6.07) is 1.53. The lowest BCUT2D eigenvalue weighted by Crippen LogP contribution is -2.24. The first-order valence-corrected chi connectivity index (χ1v) is 5.81. The molecule has 1 aromatic carbocycles. The Bertz CT molecular complexity index is 713. The molecule has 0 atom stereocenters. The minimum atomic E-state index is -0.957. The summed E-state index contributed by atoms with van der Waals surface area (Å²) in [5.74, 6) is -0.916. The van der Waals surface area contributed by atoms with Crippen LogP contribution in [0.4, 0.5) is 15.8 Å². The molecule has 2 rings (SSSR count). The van der Waals surface area contributed by atoms with Gasteiger partial charge in [0, 0.05) is 0 Å². The van der Waals surface area contributed by atoms with Crippen LogP contribution in [0.15, 0.2) is 22.7 Å². The minimum Gasteiger partial charge on any atom is -0.444 e. The molecule has 9 heteroatoms. The Balaban J connectivity index is 2.22. The molecule has 21 heavy (non-hydrogen) atoms.